The number of para-hydroxylation sites is 2. The fourth-order valence-electron chi connectivity index (χ4n) is 5.02. The van der Waals surface area contributed by atoms with Gasteiger partial charge < -0.3 is 15.0 Å². The summed E-state index contributed by atoms with van der Waals surface area (Å²) in [5.74, 6) is -0.478. The van der Waals surface area contributed by atoms with Gasteiger partial charge >= 0.3 is 0 Å². The van der Waals surface area contributed by atoms with Gasteiger partial charge in [-0.15, -0.1) is 0 Å². The van der Waals surface area contributed by atoms with Crippen LogP contribution in [0, 0.1) is 0 Å². The van der Waals surface area contributed by atoms with Crippen LogP contribution in [0.4, 0.5) is 17.1 Å². The molecule has 230 valence electrons. The second kappa shape index (κ2) is 13.0. The third kappa shape index (κ3) is 6.56. The van der Waals surface area contributed by atoms with Crippen molar-refractivity contribution < 1.29 is 17.9 Å². The van der Waals surface area contributed by atoms with Crippen molar-refractivity contribution in [2.75, 3.05) is 41.2 Å². The Kier molecular flexibility index (Phi) is 9.10. The van der Waals surface area contributed by atoms with Crippen molar-refractivity contribution >= 4 is 90.3 Å². The smallest absolute Gasteiger partial charge is 0.262 e. The third-order valence-electron chi connectivity index (χ3n) is 7.27. The number of nitrogens with zero attached hydrogens (tertiary/aromatic N) is 2. The monoisotopic (exact) mass is 700 g/mol. The van der Waals surface area contributed by atoms with Gasteiger partial charge in [0.1, 0.15) is 0 Å². The summed E-state index contributed by atoms with van der Waals surface area (Å²) in [5, 5.41) is 4.48. The number of ether oxygens (including phenoxy) is 1. The quantitative estimate of drug-likeness (QED) is 0.165. The van der Waals surface area contributed by atoms with Crippen LogP contribution in [0.25, 0.3) is 22.2 Å². The number of pyridine rings is 1. The Balaban J connectivity index is 1.43. The zero-order chi connectivity index (χ0) is 31.7. The molecule has 1 saturated heterocycles. The number of morpholine rings is 1. The fraction of sp³-hybridized carbons (Fsp3) is 0.125. The number of amides is 1. The number of rotatable bonds is 7. The van der Waals surface area contributed by atoms with Gasteiger partial charge in [0.15, 0.2) is 0 Å². The summed E-state index contributed by atoms with van der Waals surface area (Å²) >= 11 is 25.2. The van der Waals surface area contributed by atoms with Crippen molar-refractivity contribution in [3.05, 3.63) is 111 Å². The molecule has 1 amide bonds. The normalized spacial score (nSPS) is 13.6. The Morgan fingerprint density at radius 3 is 2.31 bits per heavy atom. The molecule has 1 aliphatic rings. The topological polar surface area (TPSA) is 101 Å². The molecule has 0 spiro atoms. The summed E-state index contributed by atoms with van der Waals surface area (Å²) < 4.78 is 34.9. The Morgan fingerprint density at radius 2 is 1.53 bits per heavy atom. The van der Waals surface area contributed by atoms with Crippen LogP contribution in [0.1, 0.15) is 10.4 Å². The summed E-state index contributed by atoms with van der Waals surface area (Å²) in [5.41, 5.74) is 2.95. The van der Waals surface area contributed by atoms with Crippen LogP contribution in [0.2, 0.25) is 20.1 Å². The van der Waals surface area contributed by atoms with E-state index >= 15 is 0 Å². The van der Waals surface area contributed by atoms with Gasteiger partial charge in [0.25, 0.3) is 15.9 Å². The predicted molar refractivity (Wildman–Crippen MR) is 182 cm³/mol. The van der Waals surface area contributed by atoms with Gasteiger partial charge in [-0.3, -0.25) is 9.52 Å². The zero-order valence-electron chi connectivity index (χ0n) is 23.4. The number of fused-ring (bicyclic) bond motifs is 1. The molecule has 0 atom stereocenters. The van der Waals surface area contributed by atoms with Gasteiger partial charge in [-0.2, -0.15) is 0 Å². The Morgan fingerprint density at radius 1 is 0.800 bits per heavy atom. The van der Waals surface area contributed by atoms with Gasteiger partial charge in [-0.1, -0.05) is 76.7 Å². The van der Waals surface area contributed by atoms with Crippen molar-refractivity contribution in [1.29, 1.82) is 0 Å². The van der Waals surface area contributed by atoms with E-state index < -0.39 is 15.9 Å². The molecule has 4 aromatic carbocycles. The van der Waals surface area contributed by atoms with Crippen molar-refractivity contribution in [3.8, 4) is 11.3 Å². The van der Waals surface area contributed by atoms with Crippen molar-refractivity contribution in [2.45, 2.75) is 4.90 Å². The second-order valence-electron chi connectivity index (χ2n) is 10.1. The minimum Gasteiger partial charge on any atom is -0.378 e. The van der Waals surface area contributed by atoms with Gasteiger partial charge in [-0.25, -0.2) is 13.4 Å². The molecule has 13 heteroatoms. The zero-order valence-corrected chi connectivity index (χ0v) is 27.2. The van der Waals surface area contributed by atoms with Gasteiger partial charge in [0, 0.05) is 24.0 Å². The molecule has 1 aliphatic heterocycles. The lowest BCUT2D eigenvalue weighted by molar-refractivity contribution is 0.102. The number of hydrogen-bond donors (Lipinski definition) is 2. The number of halogens is 4. The Labute approximate surface area is 279 Å². The van der Waals surface area contributed by atoms with Crippen LogP contribution in [0.5, 0.6) is 0 Å². The number of hydrogen-bond acceptors (Lipinski definition) is 6. The first-order valence-corrected chi connectivity index (χ1v) is 16.7. The first-order valence-electron chi connectivity index (χ1n) is 13.7. The maximum atomic E-state index is 14.1. The molecule has 0 unspecified atom stereocenters. The molecule has 1 fully saturated rings. The molecule has 2 heterocycles. The first-order chi connectivity index (χ1) is 21.6. The number of sulfonamides is 1. The van der Waals surface area contributed by atoms with Gasteiger partial charge in [0.2, 0.25) is 0 Å². The van der Waals surface area contributed by atoms with Gasteiger partial charge in [0.05, 0.1) is 72.0 Å². The SMILES string of the molecule is O=C(Nc1cc(S(=O)(=O)Nc2ccccc2Cl)ccc1N1CCOCC1)c1cc(-c2ccc(Cl)c(Cl)c2Cl)nc2ccccc12. The van der Waals surface area contributed by atoms with Crippen LogP contribution in [0.15, 0.2) is 89.8 Å². The molecule has 0 aliphatic carbocycles. The second-order valence-corrected chi connectivity index (χ2v) is 13.4. The first kappa shape index (κ1) is 31.4. The lowest BCUT2D eigenvalue weighted by atomic mass is 10.0. The van der Waals surface area contributed by atoms with Crippen molar-refractivity contribution in [2.24, 2.45) is 0 Å². The average Bonchev–Trinajstić information content (AvgIpc) is 3.04. The summed E-state index contributed by atoms with van der Waals surface area (Å²) in [6, 6.07) is 23.2. The van der Waals surface area contributed by atoms with E-state index in [0.29, 0.717) is 70.4 Å². The van der Waals surface area contributed by atoms with E-state index in [1.807, 2.05) is 11.0 Å². The van der Waals surface area contributed by atoms with E-state index in [1.165, 1.54) is 12.1 Å². The summed E-state index contributed by atoms with van der Waals surface area (Å²) in [6.45, 7) is 2.10. The van der Waals surface area contributed by atoms with Crippen molar-refractivity contribution in [1.82, 2.24) is 4.98 Å². The minimum absolute atomic E-state index is 0.0578. The number of benzene rings is 4. The molecule has 1 aromatic heterocycles. The van der Waals surface area contributed by atoms with Crippen molar-refractivity contribution in [3.63, 3.8) is 0 Å². The van der Waals surface area contributed by atoms with E-state index in [-0.39, 0.29) is 25.7 Å². The van der Waals surface area contributed by atoms with Crippen LogP contribution in [0.3, 0.4) is 0 Å². The number of aromatic nitrogens is 1. The standard InChI is InChI=1S/C32H24Cl4N4O4S/c33-23-6-2-4-8-26(23)39-45(42,43)19-9-12-29(40-13-15-44-16-14-40)28(17-19)38-32(41)22-18-27(37-25-7-3-1-5-20(22)25)21-10-11-24(34)31(36)30(21)35/h1-12,17-18,39H,13-16H2,(H,38,41). The van der Waals surface area contributed by atoms with E-state index in [4.69, 9.17) is 56.1 Å². The average molecular weight is 702 g/mol. The largest absolute Gasteiger partial charge is 0.378 e. The van der Waals surface area contributed by atoms with Crippen LogP contribution < -0.4 is 14.9 Å². The minimum atomic E-state index is -4.07. The molecule has 0 radical (unpaired) electrons. The molecule has 5 aromatic rings. The van der Waals surface area contributed by atoms with Gasteiger partial charge in [-0.05, 0) is 54.6 Å². The molecular weight excluding hydrogens is 678 g/mol. The highest BCUT2D eigenvalue weighted by Gasteiger charge is 2.24. The maximum Gasteiger partial charge on any atom is 0.262 e. The molecule has 8 nitrogen and oxygen atoms in total. The third-order valence-corrected chi connectivity index (χ3v) is 10.3. The van der Waals surface area contributed by atoms with E-state index in [0.717, 1.165) is 0 Å². The Bertz CT molecular complexity index is 2050. The lowest BCUT2D eigenvalue weighted by Gasteiger charge is -2.31. The number of nitrogens with one attached hydrogen (secondary N) is 2. The fourth-order valence-corrected chi connectivity index (χ4v) is 7.00. The number of carbonyl (C=O) groups is 1. The lowest BCUT2D eigenvalue weighted by Crippen LogP contribution is -2.36. The molecular formula is C32H24Cl4N4O4S. The molecule has 2 N–H and O–H groups in total. The summed E-state index contributed by atoms with van der Waals surface area (Å²) in [4.78, 5) is 20.8. The predicted octanol–water partition coefficient (Wildman–Crippen LogP) is 8.41. The number of anilines is 3. The molecule has 0 bridgehead atoms. The highest BCUT2D eigenvalue weighted by molar-refractivity contribution is 7.92. The van der Waals surface area contributed by atoms with E-state index in [2.05, 4.69) is 10.0 Å². The summed E-state index contributed by atoms with van der Waals surface area (Å²) in [7, 11) is -4.07. The van der Waals surface area contributed by atoms with Crippen LogP contribution >= 0.6 is 46.4 Å². The highest BCUT2D eigenvalue weighted by atomic mass is 35.5. The maximum absolute atomic E-state index is 14.1. The van der Waals surface area contributed by atoms with E-state index in [1.54, 1.807) is 66.7 Å². The highest BCUT2D eigenvalue weighted by Crippen LogP contribution is 2.39. The van der Waals surface area contributed by atoms with Crippen LogP contribution in [-0.4, -0.2) is 45.6 Å². The number of carbonyl (C=O) groups excluding carboxylic acids is 1. The van der Waals surface area contributed by atoms with Crippen LogP contribution in [-0.2, 0) is 14.8 Å². The van der Waals surface area contributed by atoms with E-state index in [9.17, 15) is 13.2 Å². The molecule has 0 saturated carbocycles. The molecule has 6 rings (SSSR count). The molecule has 45 heavy (non-hydrogen) atoms. The Hall–Kier alpha value is -3.57. The summed E-state index contributed by atoms with van der Waals surface area (Å²) in [6.07, 6.45) is 0.